The molecule has 5 aliphatic carbocycles. The lowest BCUT2D eigenvalue weighted by atomic mass is 9.47. The summed E-state index contributed by atoms with van der Waals surface area (Å²) in [7, 11) is 0. The Labute approximate surface area is 212 Å². The molecular formula is C30H38O6. The molecule has 7 rings (SSSR count). The maximum atomic E-state index is 14.0. The number of carbonyl (C=O) groups excluding carboxylic acids is 2. The van der Waals surface area contributed by atoms with Crippen molar-refractivity contribution in [3.05, 3.63) is 35.5 Å². The lowest BCUT2D eigenvalue weighted by Crippen LogP contribution is -2.57. The van der Waals surface area contributed by atoms with Gasteiger partial charge in [0.05, 0.1) is 17.6 Å². The second-order valence-corrected chi connectivity index (χ2v) is 13.6. The van der Waals surface area contributed by atoms with Gasteiger partial charge in [0.15, 0.2) is 0 Å². The number of carbonyl (C=O) groups is 2. The number of hydrogen-bond acceptors (Lipinski definition) is 6. The summed E-state index contributed by atoms with van der Waals surface area (Å²) in [5, 5.41) is 21.6. The normalized spacial score (nSPS) is 55.2. The molecule has 2 N–H and O–H groups in total. The van der Waals surface area contributed by atoms with Crippen LogP contribution in [0.5, 0.6) is 0 Å². The molecule has 0 aromatic heterocycles. The molecule has 7 aliphatic rings. The van der Waals surface area contributed by atoms with E-state index in [0.717, 1.165) is 31.3 Å². The van der Waals surface area contributed by atoms with Gasteiger partial charge in [0.2, 0.25) is 0 Å². The van der Waals surface area contributed by atoms with Gasteiger partial charge in [-0.3, -0.25) is 4.79 Å². The molecule has 5 fully saturated rings. The highest BCUT2D eigenvalue weighted by molar-refractivity contribution is 5.91. The van der Waals surface area contributed by atoms with E-state index >= 15 is 0 Å². The molecule has 1 spiro atoms. The molecule has 0 amide bonds. The van der Waals surface area contributed by atoms with Crippen molar-refractivity contribution >= 4 is 11.9 Å². The summed E-state index contributed by atoms with van der Waals surface area (Å²) in [5.41, 5.74) is 2.82. The summed E-state index contributed by atoms with van der Waals surface area (Å²) < 4.78 is 12.0. The summed E-state index contributed by atoms with van der Waals surface area (Å²) in [6, 6.07) is 0. The van der Waals surface area contributed by atoms with Crippen LogP contribution >= 0.6 is 0 Å². The first-order valence-electron chi connectivity index (χ1n) is 13.8. The molecule has 2 heterocycles. The Hall–Kier alpha value is -1.92. The van der Waals surface area contributed by atoms with Gasteiger partial charge < -0.3 is 19.7 Å². The minimum Gasteiger partial charge on any atom is -0.462 e. The first-order valence-corrected chi connectivity index (χ1v) is 13.8. The van der Waals surface area contributed by atoms with Gasteiger partial charge in [0, 0.05) is 34.7 Å². The Kier molecular flexibility index (Phi) is 4.47. The van der Waals surface area contributed by atoms with Gasteiger partial charge in [-0.2, -0.15) is 0 Å². The van der Waals surface area contributed by atoms with E-state index < -0.39 is 23.0 Å². The van der Waals surface area contributed by atoms with E-state index in [-0.39, 0.29) is 47.3 Å². The van der Waals surface area contributed by atoms with Crippen LogP contribution in [0.4, 0.5) is 0 Å². The number of rotatable bonds is 0. The van der Waals surface area contributed by atoms with E-state index in [1.807, 2.05) is 0 Å². The molecule has 12 atom stereocenters. The maximum absolute atomic E-state index is 14.0. The van der Waals surface area contributed by atoms with Gasteiger partial charge in [-0.15, -0.1) is 0 Å². The van der Waals surface area contributed by atoms with Crippen molar-refractivity contribution in [2.75, 3.05) is 0 Å². The van der Waals surface area contributed by atoms with E-state index in [4.69, 9.17) is 9.47 Å². The second-order valence-electron chi connectivity index (χ2n) is 13.6. The zero-order valence-electron chi connectivity index (χ0n) is 21.6. The van der Waals surface area contributed by atoms with Crippen LogP contribution in [0.1, 0.15) is 65.7 Å². The Morgan fingerprint density at radius 3 is 2.47 bits per heavy atom. The summed E-state index contributed by atoms with van der Waals surface area (Å²) in [5.74, 6) is 0.259. The minimum absolute atomic E-state index is 0.0213. The number of allylic oxidation sites excluding steroid dienone is 2. The van der Waals surface area contributed by atoms with Crippen LogP contribution in [-0.4, -0.2) is 46.6 Å². The first-order chi connectivity index (χ1) is 16.9. The molecule has 6 heteroatoms. The predicted octanol–water partition coefficient (Wildman–Crippen LogP) is 3.87. The Morgan fingerprint density at radius 1 is 0.972 bits per heavy atom. The third-order valence-corrected chi connectivity index (χ3v) is 12.3. The fraction of sp³-hybridized carbons (Fsp3) is 0.733. The van der Waals surface area contributed by atoms with Gasteiger partial charge in [-0.05, 0) is 61.9 Å². The third kappa shape index (κ3) is 2.47. The summed E-state index contributed by atoms with van der Waals surface area (Å²) in [4.78, 5) is 26.4. The van der Waals surface area contributed by atoms with Gasteiger partial charge in [-0.25, -0.2) is 4.79 Å². The van der Waals surface area contributed by atoms with Crippen LogP contribution in [0.2, 0.25) is 0 Å². The van der Waals surface area contributed by atoms with E-state index in [1.165, 1.54) is 11.1 Å². The minimum atomic E-state index is -0.709. The second kappa shape index (κ2) is 6.93. The van der Waals surface area contributed by atoms with Gasteiger partial charge in [-0.1, -0.05) is 45.1 Å². The van der Waals surface area contributed by atoms with Crippen LogP contribution in [0.3, 0.4) is 0 Å². The van der Waals surface area contributed by atoms with Crippen LogP contribution < -0.4 is 0 Å². The van der Waals surface area contributed by atoms with Gasteiger partial charge >= 0.3 is 11.9 Å². The lowest BCUT2D eigenvalue weighted by Gasteiger charge is -2.56. The van der Waals surface area contributed by atoms with Crippen molar-refractivity contribution in [2.45, 2.75) is 90.1 Å². The van der Waals surface area contributed by atoms with E-state index in [0.29, 0.717) is 36.7 Å². The number of esters is 2. The quantitative estimate of drug-likeness (QED) is 0.302. The zero-order chi connectivity index (χ0) is 25.5. The fourth-order valence-corrected chi connectivity index (χ4v) is 10.5. The van der Waals surface area contributed by atoms with Crippen molar-refractivity contribution < 1.29 is 29.3 Å². The molecule has 194 valence electrons. The van der Waals surface area contributed by atoms with Crippen molar-refractivity contribution in [3.8, 4) is 0 Å². The molecule has 0 radical (unpaired) electrons. The third-order valence-electron chi connectivity index (χ3n) is 12.3. The smallest absolute Gasteiger partial charge is 0.334 e. The van der Waals surface area contributed by atoms with Gasteiger partial charge in [0.1, 0.15) is 12.2 Å². The number of aliphatic hydroxyl groups is 2. The van der Waals surface area contributed by atoms with E-state index in [1.54, 1.807) is 0 Å². The fourth-order valence-electron chi connectivity index (χ4n) is 10.5. The molecule has 0 aromatic rings. The number of aliphatic hydroxyl groups excluding tert-OH is 2. The SMILES string of the molecule is C=C1C(=O)O[C@H]2C[C@@H](C)C3=C(C[C@H]12)[C@]1(C)C[C@@H]3C[C@@]12C(=O)O[C@@H]1C[C@@]3(C)[C@@H](O)C[C@@H](O)C(=C)[C@@H]3C[C@@H]12. The zero-order valence-corrected chi connectivity index (χ0v) is 21.6. The molecule has 3 saturated carbocycles. The van der Waals surface area contributed by atoms with Crippen LogP contribution in [0.25, 0.3) is 0 Å². The summed E-state index contributed by atoms with van der Waals surface area (Å²) in [6.07, 6.45) is 3.22. The van der Waals surface area contributed by atoms with Crippen molar-refractivity contribution in [3.63, 3.8) is 0 Å². The largest absolute Gasteiger partial charge is 0.462 e. The Balaban J connectivity index is 1.30. The number of ether oxygens (including phenoxy) is 2. The monoisotopic (exact) mass is 494 g/mol. The molecular weight excluding hydrogens is 456 g/mol. The highest BCUT2D eigenvalue weighted by Crippen LogP contribution is 2.76. The lowest BCUT2D eigenvalue weighted by molar-refractivity contribution is -0.154. The average molecular weight is 495 g/mol. The van der Waals surface area contributed by atoms with E-state index in [2.05, 4.69) is 33.9 Å². The molecule has 36 heavy (non-hydrogen) atoms. The molecule has 0 aromatic carbocycles. The van der Waals surface area contributed by atoms with Gasteiger partial charge in [0.25, 0.3) is 0 Å². The summed E-state index contributed by atoms with van der Waals surface area (Å²) in [6.45, 7) is 14.9. The summed E-state index contributed by atoms with van der Waals surface area (Å²) >= 11 is 0. The van der Waals surface area contributed by atoms with E-state index in [9.17, 15) is 19.8 Å². The molecule has 6 nitrogen and oxygen atoms in total. The van der Waals surface area contributed by atoms with Crippen LogP contribution in [-0.2, 0) is 19.1 Å². The predicted molar refractivity (Wildman–Crippen MR) is 131 cm³/mol. The van der Waals surface area contributed by atoms with Crippen molar-refractivity contribution in [1.82, 2.24) is 0 Å². The Bertz CT molecular complexity index is 1150. The highest BCUT2D eigenvalue weighted by atomic mass is 16.6. The number of hydrogen-bond donors (Lipinski definition) is 2. The van der Waals surface area contributed by atoms with Crippen LogP contribution in [0.15, 0.2) is 35.5 Å². The standard InChI is InChI=1S/C30H38O6/c1-13-6-22-17(14(2)26(33)35-22)7-20-25(13)16-10-29(20,5)30(11-16)19-8-18-15(3)21(31)9-24(32)28(18,4)12-23(19)36-27(30)34/h13,16-19,21-24,31-32H,2-3,6-12H2,1,4-5H3/t13-,16-,17-,18+,19+,21-,22+,23-,24+,28-,29+,30-/m1/s1. The molecule has 2 aliphatic heterocycles. The molecule has 0 unspecified atom stereocenters. The maximum Gasteiger partial charge on any atom is 0.334 e. The first kappa shape index (κ1) is 23.2. The van der Waals surface area contributed by atoms with Crippen molar-refractivity contribution in [1.29, 1.82) is 0 Å². The number of fused-ring (bicyclic) bond motifs is 9. The molecule has 2 saturated heterocycles. The molecule has 2 bridgehead atoms. The van der Waals surface area contributed by atoms with Crippen molar-refractivity contribution in [2.24, 2.45) is 45.8 Å². The topological polar surface area (TPSA) is 93.1 Å². The Morgan fingerprint density at radius 2 is 1.72 bits per heavy atom. The van der Waals surface area contributed by atoms with Crippen LogP contribution in [0, 0.1) is 45.8 Å². The average Bonchev–Trinajstić information content (AvgIpc) is 3.41. The highest BCUT2D eigenvalue weighted by Gasteiger charge is 2.76.